The van der Waals surface area contributed by atoms with Crippen molar-refractivity contribution in [3.8, 4) is 0 Å². The maximum absolute atomic E-state index is 2.30. The summed E-state index contributed by atoms with van der Waals surface area (Å²) in [5.74, 6) is 1.12. The largest absolute Gasteiger partial charge is 0.0622 e. The molecule has 0 aliphatic heterocycles. The van der Waals surface area contributed by atoms with Gasteiger partial charge < -0.3 is 0 Å². The van der Waals surface area contributed by atoms with E-state index in [1.807, 2.05) is 0 Å². The highest BCUT2D eigenvalue weighted by Gasteiger charge is 2.15. The van der Waals surface area contributed by atoms with E-state index in [0.717, 1.165) is 0 Å². The molecule has 0 heterocycles. The predicted molar refractivity (Wildman–Crippen MR) is 69.7 cm³/mol. The lowest BCUT2D eigenvalue weighted by atomic mass is 9.84. The van der Waals surface area contributed by atoms with Crippen LogP contribution in [0.1, 0.15) is 36.8 Å². The molecule has 2 atom stereocenters. The van der Waals surface area contributed by atoms with Crippen LogP contribution in [0, 0.1) is 0 Å². The summed E-state index contributed by atoms with van der Waals surface area (Å²) in [6.45, 7) is 4.60. The molecule has 0 bridgehead atoms. The van der Waals surface area contributed by atoms with Crippen molar-refractivity contribution < 1.29 is 0 Å². The van der Waals surface area contributed by atoms with Gasteiger partial charge in [-0.25, -0.2) is 0 Å². The Morgan fingerprint density at radius 1 is 0.562 bits per heavy atom. The first kappa shape index (κ1) is 10.9. The van der Waals surface area contributed by atoms with Crippen LogP contribution in [0.4, 0.5) is 0 Å². The van der Waals surface area contributed by atoms with Crippen LogP contribution in [-0.2, 0) is 0 Å². The Kier molecular flexibility index (Phi) is 3.40. The molecule has 1 unspecified atom stereocenters. The van der Waals surface area contributed by atoms with Crippen LogP contribution in [0.25, 0.3) is 0 Å². The molecule has 0 saturated carbocycles. The minimum atomic E-state index is 0.559. The Hall–Kier alpha value is -1.56. The Morgan fingerprint density at radius 3 is 1.19 bits per heavy atom. The Balaban J connectivity index is 2.20. The summed E-state index contributed by atoms with van der Waals surface area (Å²) >= 11 is 0. The summed E-state index contributed by atoms with van der Waals surface area (Å²) < 4.78 is 0. The molecule has 0 heteroatoms. The number of hydrogen-bond donors (Lipinski definition) is 0. The van der Waals surface area contributed by atoms with Gasteiger partial charge in [-0.2, -0.15) is 0 Å². The van der Waals surface area contributed by atoms with E-state index in [2.05, 4.69) is 74.5 Å². The van der Waals surface area contributed by atoms with Crippen molar-refractivity contribution in [1.29, 1.82) is 0 Å². The zero-order valence-electron chi connectivity index (χ0n) is 9.93. The van der Waals surface area contributed by atoms with Crippen molar-refractivity contribution in [2.75, 3.05) is 0 Å². The number of hydrogen-bond acceptors (Lipinski definition) is 0. The number of rotatable bonds is 3. The van der Waals surface area contributed by atoms with Gasteiger partial charge in [-0.1, -0.05) is 74.5 Å². The van der Waals surface area contributed by atoms with Crippen molar-refractivity contribution in [3.63, 3.8) is 0 Å². The molecule has 2 aromatic rings. The highest BCUT2D eigenvalue weighted by Crippen LogP contribution is 2.31. The van der Waals surface area contributed by atoms with Gasteiger partial charge in [0.2, 0.25) is 0 Å². The molecule has 0 N–H and O–H groups in total. The zero-order valence-corrected chi connectivity index (χ0v) is 9.93. The molecule has 16 heavy (non-hydrogen) atoms. The fraction of sp³-hybridized carbons (Fsp3) is 0.250. The molecule has 0 aromatic heterocycles. The molecular weight excluding hydrogens is 192 g/mol. The monoisotopic (exact) mass is 210 g/mol. The van der Waals surface area contributed by atoms with Crippen molar-refractivity contribution in [3.05, 3.63) is 71.8 Å². The highest BCUT2D eigenvalue weighted by atomic mass is 14.2. The van der Waals surface area contributed by atoms with Crippen LogP contribution >= 0.6 is 0 Å². The van der Waals surface area contributed by atoms with Crippen LogP contribution in [-0.4, -0.2) is 0 Å². The van der Waals surface area contributed by atoms with Crippen molar-refractivity contribution >= 4 is 0 Å². The zero-order chi connectivity index (χ0) is 11.4. The van der Waals surface area contributed by atoms with Gasteiger partial charge in [0, 0.05) is 0 Å². The highest BCUT2D eigenvalue weighted by molar-refractivity contribution is 5.27. The molecule has 0 aliphatic carbocycles. The lowest BCUT2D eigenvalue weighted by Crippen LogP contribution is -2.04. The second kappa shape index (κ2) is 4.98. The normalized spacial score (nSPS) is 14.4. The number of benzene rings is 2. The second-order valence-corrected chi connectivity index (χ2v) is 4.40. The van der Waals surface area contributed by atoms with Gasteiger partial charge in [-0.15, -0.1) is 0 Å². The van der Waals surface area contributed by atoms with Crippen LogP contribution in [0.15, 0.2) is 60.7 Å². The molecule has 0 nitrogen and oxygen atoms in total. The van der Waals surface area contributed by atoms with E-state index in [-0.39, 0.29) is 0 Å². The third kappa shape index (κ3) is 2.33. The quantitative estimate of drug-likeness (QED) is 0.695. The van der Waals surface area contributed by atoms with E-state index < -0.39 is 0 Å². The summed E-state index contributed by atoms with van der Waals surface area (Å²) in [5, 5.41) is 0. The van der Waals surface area contributed by atoms with Gasteiger partial charge in [0.05, 0.1) is 0 Å². The summed E-state index contributed by atoms with van der Waals surface area (Å²) in [5.41, 5.74) is 2.83. The van der Waals surface area contributed by atoms with Gasteiger partial charge in [-0.05, 0) is 23.0 Å². The summed E-state index contributed by atoms with van der Waals surface area (Å²) in [6, 6.07) is 21.5. The van der Waals surface area contributed by atoms with Crippen LogP contribution in [0.3, 0.4) is 0 Å². The lowest BCUT2D eigenvalue weighted by Gasteiger charge is -2.20. The van der Waals surface area contributed by atoms with E-state index in [1.54, 1.807) is 0 Å². The van der Waals surface area contributed by atoms with Crippen LogP contribution in [0.2, 0.25) is 0 Å². The van der Waals surface area contributed by atoms with Gasteiger partial charge in [0.1, 0.15) is 0 Å². The molecule has 2 aromatic carbocycles. The van der Waals surface area contributed by atoms with Gasteiger partial charge >= 0.3 is 0 Å². The molecular formula is C16H18. The fourth-order valence-electron chi connectivity index (χ4n) is 2.09. The van der Waals surface area contributed by atoms with Crippen LogP contribution < -0.4 is 0 Å². The van der Waals surface area contributed by atoms with Crippen molar-refractivity contribution in [2.24, 2.45) is 0 Å². The van der Waals surface area contributed by atoms with Crippen LogP contribution in [0.5, 0.6) is 0 Å². The van der Waals surface area contributed by atoms with E-state index in [0.29, 0.717) is 11.8 Å². The van der Waals surface area contributed by atoms with Crippen molar-refractivity contribution in [2.45, 2.75) is 25.7 Å². The first-order chi connectivity index (χ1) is 7.79. The molecule has 2 rings (SSSR count). The summed E-state index contributed by atoms with van der Waals surface area (Å²) in [7, 11) is 0. The maximum atomic E-state index is 2.30. The Labute approximate surface area is 97.9 Å². The molecule has 82 valence electrons. The van der Waals surface area contributed by atoms with E-state index >= 15 is 0 Å². The molecule has 0 aliphatic rings. The molecule has 0 spiro atoms. The van der Waals surface area contributed by atoms with E-state index in [9.17, 15) is 0 Å². The fourth-order valence-corrected chi connectivity index (χ4v) is 2.09. The molecule has 0 amide bonds. The van der Waals surface area contributed by atoms with Gasteiger partial charge in [0.15, 0.2) is 0 Å². The van der Waals surface area contributed by atoms with Gasteiger partial charge in [0.25, 0.3) is 0 Å². The maximum Gasteiger partial charge on any atom is -0.0124 e. The third-order valence-corrected chi connectivity index (χ3v) is 3.40. The topological polar surface area (TPSA) is 0 Å². The van der Waals surface area contributed by atoms with E-state index in [4.69, 9.17) is 0 Å². The van der Waals surface area contributed by atoms with Crippen molar-refractivity contribution in [1.82, 2.24) is 0 Å². The standard InChI is InChI=1S/C16H18/c1-13(15-9-5-3-6-10-15)14(2)16-11-7-4-8-12-16/h3-14H,1-2H3/t13-,14?/m1/s1. The minimum absolute atomic E-state index is 0.559. The average molecular weight is 210 g/mol. The molecule has 0 saturated heterocycles. The summed E-state index contributed by atoms with van der Waals surface area (Å²) in [4.78, 5) is 0. The molecule has 0 fully saturated rings. The summed E-state index contributed by atoms with van der Waals surface area (Å²) in [6.07, 6.45) is 0. The minimum Gasteiger partial charge on any atom is -0.0622 e. The molecule has 0 radical (unpaired) electrons. The lowest BCUT2D eigenvalue weighted by molar-refractivity contribution is 0.624. The first-order valence-electron chi connectivity index (χ1n) is 5.89. The SMILES string of the molecule is CC(c1ccccc1)[C@@H](C)c1ccccc1. The van der Waals surface area contributed by atoms with E-state index in [1.165, 1.54) is 11.1 Å². The van der Waals surface area contributed by atoms with Gasteiger partial charge in [-0.3, -0.25) is 0 Å². The Morgan fingerprint density at radius 2 is 0.875 bits per heavy atom. The second-order valence-electron chi connectivity index (χ2n) is 4.40. The average Bonchev–Trinajstić information content (AvgIpc) is 2.39. The predicted octanol–water partition coefficient (Wildman–Crippen LogP) is 4.59. The smallest absolute Gasteiger partial charge is 0.0124 e. The Bertz CT molecular complexity index is 373. The first-order valence-corrected chi connectivity index (χ1v) is 5.89. The third-order valence-electron chi connectivity index (χ3n) is 3.40.